The lowest BCUT2D eigenvalue weighted by molar-refractivity contribution is 0.398. The van der Waals surface area contributed by atoms with Crippen LogP contribution >= 0.6 is 22.6 Å². The van der Waals surface area contributed by atoms with Gasteiger partial charge in [0, 0.05) is 27.4 Å². The van der Waals surface area contributed by atoms with Gasteiger partial charge in [0.05, 0.1) is 12.6 Å². The van der Waals surface area contributed by atoms with Crippen molar-refractivity contribution in [1.29, 1.82) is 0 Å². The van der Waals surface area contributed by atoms with Crippen molar-refractivity contribution in [3.05, 3.63) is 22.0 Å². The van der Waals surface area contributed by atoms with Crippen LogP contribution in [-0.2, 0) is 0 Å². The molecule has 0 aliphatic rings. The highest BCUT2D eigenvalue weighted by atomic mass is 127. The summed E-state index contributed by atoms with van der Waals surface area (Å²) >= 11 is 2.27. The zero-order valence-electron chi connectivity index (χ0n) is 6.47. The standard InChI is InChI=1S/C8H7IN2O/c1-12-8-2-7-5(3-11-8)6(9)4-10-7/h2-4,10H,1H3. The molecule has 3 nitrogen and oxygen atoms in total. The Morgan fingerprint density at radius 2 is 2.42 bits per heavy atom. The number of pyridine rings is 1. The van der Waals surface area contributed by atoms with Gasteiger partial charge in [0.25, 0.3) is 0 Å². The smallest absolute Gasteiger partial charge is 0.215 e. The zero-order valence-corrected chi connectivity index (χ0v) is 8.62. The third-order valence-corrected chi connectivity index (χ3v) is 2.59. The highest BCUT2D eigenvalue weighted by Gasteiger charge is 2.01. The Morgan fingerprint density at radius 3 is 3.17 bits per heavy atom. The van der Waals surface area contributed by atoms with E-state index in [9.17, 15) is 0 Å². The van der Waals surface area contributed by atoms with Gasteiger partial charge in [-0.3, -0.25) is 0 Å². The fraction of sp³-hybridized carbons (Fsp3) is 0.125. The second-order valence-electron chi connectivity index (χ2n) is 2.41. The predicted octanol–water partition coefficient (Wildman–Crippen LogP) is 2.18. The van der Waals surface area contributed by atoms with Gasteiger partial charge in [0.15, 0.2) is 0 Å². The summed E-state index contributed by atoms with van der Waals surface area (Å²) in [6.07, 6.45) is 3.76. The van der Waals surface area contributed by atoms with Gasteiger partial charge in [-0.15, -0.1) is 0 Å². The molecule has 0 saturated carbocycles. The molecule has 0 aromatic carbocycles. The Morgan fingerprint density at radius 1 is 1.58 bits per heavy atom. The monoisotopic (exact) mass is 274 g/mol. The summed E-state index contributed by atoms with van der Waals surface area (Å²) in [5.74, 6) is 0.640. The van der Waals surface area contributed by atoms with Gasteiger partial charge < -0.3 is 9.72 Å². The van der Waals surface area contributed by atoms with E-state index >= 15 is 0 Å². The minimum atomic E-state index is 0.640. The molecule has 0 bridgehead atoms. The number of hydrogen-bond donors (Lipinski definition) is 1. The summed E-state index contributed by atoms with van der Waals surface area (Å²) in [5, 5.41) is 1.14. The molecule has 2 aromatic heterocycles. The van der Waals surface area contributed by atoms with E-state index in [0.29, 0.717) is 5.88 Å². The number of aromatic nitrogens is 2. The quantitative estimate of drug-likeness (QED) is 0.809. The molecule has 2 aromatic rings. The van der Waals surface area contributed by atoms with Gasteiger partial charge in [-0.25, -0.2) is 4.98 Å². The summed E-state index contributed by atoms with van der Waals surface area (Å²) in [6, 6.07) is 1.89. The number of nitrogens with zero attached hydrogens (tertiary/aromatic N) is 1. The number of fused-ring (bicyclic) bond motifs is 1. The van der Waals surface area contributed by atoms with Crippen molar-refractivity contribution in [2.45, 2.75) is 0 Å². The predicted molar refractivity (Wildman–Crippen MR) is 55.4 cm³/mol. The first-order valence-electron chi connectivity index (χ1n) is 3.48. The van der Waals surface area contributed by atoms with E-state index in [-0.39, 0.29) is 0 Å². The van der Waals surface area contributed by atoms with Crippen molar-refractivity contribution in [2.24, 2.45) is 0 Å². The van der Waals surface area contributed by atoms with Crippen molar-refractivity contribution in [3.8, 4) is 5.88 Å². The number of aromatic amines is 1. The second-order valence-corrected chi connectivity index (χ2v) is 3.57. The molecule has 2 rings (SSSR count). The van der Waals surface area contributed by atoms with E-state index < -0.39 is 0 Å². The number of H-pyrrole nitrogens is 1. The molecule has 0 fully saturated rings. The van der Waals surface area contributed by atoms with Gasteiger partial charge in [-0.1, -0.05) is 0 Å². The third kappa shape index (κ3) is 1.16. The molecule has 0 aliphatic heterocycles. The van der Waals surface area contributed by atoms with Crippen LogP contribution in [0.5, 0.6) is 5.88 Å². The Labute approximate surface area is 83.3 Å². The molecular weight excluding hydrogens is 267 g/mol. The minimum Gasteiger partial charge on any atom is -0.481 e. The maximum atomic E-state index is 5.00. The average Bonchev–Trinajstić information content (AvgIpc) is 2.47. The lowest BCUT2D eigenvalue weighted by atomic mass is 10.3. The second kappa shape index (κ2) is 2.93. The number of nitrogens with one attached hydrogen (secondary N) is 1. The van der Waals surface area contributed by atoms with Crippen molar-refractivity contribution >= 4 is 33.5 Å². The third-order valence-electron chi connectivity index (χ3n) is 1.70. The summed E-state index contributed by atoms with van der Waals surface area (Å²) < 4.78 is 6.18. The number of rotatable bonds is 1. The zero-order chi connectivity index (χ0) is 8.55. The van der Waals surface area contributed by atoms with Crippen LogP contribution in [0.2, 0.25) is 0 Å². The highest BCUT2D eigenvalue weighted by Crippen LogP contribution is 2.21. The van der Waals surface area contributed by atoms with Gasteiger partial charge in [-0.2, -0.15) is 0 Å². The van der Waals surface area contributed by atoms with Crippen LogP contribution < -0.4 is 4.74 Å². The average molecular weight is 274 g/mol. The van der Waals surface area contributed by atoms with Crippen molar-refractivity contribution < 1.29 is 4.74 Å². The Balaban J connectivity index is 2.69. The lowest BCUT2D eigenvalue weighted by Crippen LogP contribution is -1.85. The molecule has 0 unspecified atom stereocenters. The molecule has 0 amide bonds. The number of ether oxygens (including phenoxy) is 1. The Bertz CT molecular complexity index is 410. The van der Waals surface area contributed by atoms with Crippen LogP contribution in [0.15, 0.2) is 18.5 Å². The maximum absolute atomic E-state index is 5.00. The lowest BCUT2D eigenvalue weighted by Gasteiger charge is -1.96. The molecule has 0 saturated heterocycles. The van der Waals surface area contributed by atoms with E-state index in [1.54, 1.807) is 7.11 Å². The minimum absolute atomic E-state index is 0.640. The largest absolute Gasteiger partial charge is 0.481 e. The molecule has 0 radical (unpaired) electrons. The molecule has 0 spiro atoms. The summed E-state index contributed by atoms with van der Waals surface area (Å²) in [5.41, 5.74) is 1.06. The molecule has 2 heterocycles. The van der Waals surface area contributed by atoms with Crippen LogP contribution in [0.25, 0.3) is 10.9 Å². The molecular formula is C8H7IN2O. The van der Waals surface area contributed by atoms with Crippen LogP contribution in [0.4, 0.5) is 0 Å². The van der Waals surface area contributed by atoms with E-state index in [2.05, 4.69) is 32.6 Å². The topological polar surface area (TPSA) is 37.9 Å². The molecule has 0 aliphatic carbocycles. The number of halogens is 1. The fourth-order valence-electron chi connectivity index (χ4n) is 1.08. The van der Waals surface area contributed by atoms with Crippen molar-refractivity contribution in [3.63, 3.8) is 0 Å². The first kappa shape index (κ1) is 7.85. The van der Waals surface area contributed by atoms with E-state index in [0.717, 1.165) is 10.9 Å². The highest BCUT2D eigenvalue weighted by molar-refractivity contribution is 14.1. The summed E-state index contributed by atoms with van der Waals surface area (Å²) in [6.45, 7) is 0. The Hall–Kier alpha value is -0.780. The molecule has 62 valence electrons. The fourth-order valence-corrected chi connectivity index (χ4v) is 1.66. The van der Waals surface area contributed by atoms with E-state index in [1.165, 1.54) is 3.57 Å². The Kier molecular flexibility index (Phi) is 1.92. The van der Waals surface area contributed by atoms with Crippen LogP contribution in [0.3, 0.4) is 0 Å². The number of methoxy groups -OCH3 is 1. The van der Waals surface area contributed by atoms with E-state index in [4.69, 9.17) is 4.74 Å². The van der Waals surface area contributed by atoms with Gasteiger partial charge in [-0.05, 0) is 22.6 Å². The van der Waals surface area contributed by atoms with Gasteiger partial charge in [0.1, 0.15) is 0 Å². The van der Waals surface area contributed by atoms with Gasteiger partial charge in [0.2, 0.25) is 5.88 Å². The molecule has 0 atom stereocenters. The first-order valence-corrected chi connectivity index (χ1v) is 4.56. The molecule has 12 heavy (non-hydrogen) atoms. The number of hydrogen-bond acceptors (Lipinski definition) is 2. The maximum Gasteiger partial charge on any atom is 0.215 e. The van der Waals surface area contributed by atoms with Crippen LogP contribution in [0, 0.1) is 3.57 Å². The summed E-state index contributed by atoms with van der Waals surface area (Å²) in [7, 11) is 1.61. The first-order chi connectivity index (χ1) is 5.81. The normalized spacial score (nSPS) is 10.5. The van der Waals surface area contributed by atoms with Crippen LogP contribution in [-0.4, -0.2) is 17.1 Å². The SMILES string of the molecule is COc1cc2[nH]cc(I)c2cn1. The van der Waals surface area contributed by atoms with Crippen LogP contribution in [0.1, 0.15) is 0 Å². The van der Waals surface area contributed by atoms with Gasteiger partial charge >= 0.3 is 0 Å². The molecule has 1 N–H and O–H groups in total. The molecule has 4 heteroatoms. The summed E-state index contributed by atoms with van der Waals surface area (Å²) in [4.78, 5) is 7.25. The van der Waals surface area contributed by atoms with Crippen molar-refractivity contribution in [1.82, 2.24) is 9.97 Å². The van der Waals surface area contributed by atoms with Crippen molar-refractivity contribution in [2.75, 3.05) is 7.11 Å². The van der Waals surface area contributed by atoms with E-state index in [1.807, 2.05) is 18.5 Å².